The molecule has 0 radical (unpaired) electrons. The number of amides is 2. The summed E-state index contributed by atoms with van der Waals surface area (Å²) in [4.78, 5) is 38.0. The number of halogens is 3. The number of nitriles is 1. The van der Waals surface area contributed by atoms with Crippen LogP contribution in [-0.2, 0) is 9.47 Å². The molecule has 0 saturated carbocycles. The standard InChI is InChI=1S/C33H33ClF2N6O4S/c1-32(2,3)45-30(43)40-29-20(12-37)23-18(9-10-22(35)27(23)47-29)24-21(34)11-19-26(25(24)36)38-15-39-28(19)42-16-7-8-17(42)14-41(13-16)31(44)46-33(4,5)6/h9-11,15-17H,7-8,13-14H2,1-6H3,(H,40,43). The summed E-state index contributed by atoms with van der Waals surface area (Å²) in [5, 5.41) is 13.2. The van der Waals surface area contributed by atoms with Crippen LogP contribution in [0, 0.1) is 23.0 Å². The lowest BCUT2D eigenvalue weighted by Crippen LogP contribution is -2.56. The van der Waals surface area contributed by atoms with E-state index in [4.69, 9.17) is 21.1 Å². The molecule has 2 amide bonds. The van der Waals surface area contributed by atoms with Crippen molar-refractivity contribution in [3.63, 3.8) is 0 Å². The minimum Gasteiger partial charge on any atom is -0.444 e. The Labute approximate surface area is 279 Å². The number of anilines is 2. The number of aromatic nitrogens is 2. The van der Waals surface area contributed by atoms with E-state index in [2.05, 4.69) is 20.2 Å². The van der Waals surface area contributed by atoms with Crippen molar-refractivity contribution in [3.05, 3.63) is 46.7 Å². The van der Waals surface area contributed by atoms with Crippen LogP contribution in [0.3, 0.4) is 0 Å². The summed E-state index contributed by atoms with van der Waals surface area (Å²) in [7, 11) is 0. The lowest BCUT2D eigenvalue weighted by molar-refractivity contribution is 0.0209. The highest BCUT2D eigenvalue weighted by Gasteiger charge is 2.44. The Bertz CT molecular complexity index is 1970. The van der Waals surface area contributed by atoms with Gasteiger partial charge in [0.05, 0.1) is 15.3 Å². The Kier molecular flexibility index (Phi) is 8.17. The van der Waals surface area contributed by atoms with E-state index in [1.54, 1.807) is 31.7 Å². The highest BCUT2D eigenvalue weighted by Crippen LogP contribution is 2.47. The molecule has 2 atom stereocenters. The molecule has 0 spiro atoms. The summed E-state index contributed by atoms with van der Waals surface area (Å²) in [5.74, 6) is -0.911. The largest absolute Gasteiger partial charge is 0.444 e. The third-order valence-corrected chi connectivity index (χ3v) is 9.38. The fourth-order valence-electron chi connectivity index (χ4n) is 6.26. The lowest BCUT2D eigenvalue weighted by atomic mass is 9.97. The molecule has 47 heavy (non-hydrogen) atoms. The molecule has 6 rings (SSSR count). The van der Waals surface area contributed by atoms with E-state index in [1.807, 2.05) is 26.8 Å². The summed E-state index contributed by atoms with van der Waals surface area (Å²) in [6.45, 7) is 11.4. The number of carbonyl (C=O) groups is 2. The summed E-state index contributed by atoms with van der Waals surface area (Å²) >= 11 is 7.66. The Morgan fingerprint density at radius 2 is 1.72 bits per heavy atom. The maximum absolute atomic E-state index is 16.6. The normalized spacial score (nSPS) is 18.0. The first-order valence-electron chi connectivity index (χ1n) is 15.1. The van der Waals surface area contributed by atoms with Crippen LogP contribution < -0.4 is 10.2 Å². The van der Waals surface area contributed by atoms with E-state index in [-0.39, 0.29) is 60.5 Å². The molecule has 2 saturated heterocycles. The average molecular weight is 683 g/mol. The molecule has 1 N–H and O–H groups in total. The minimum atomic E-state index is -0.817. The smallest absolute Gasteiger partial charge is 0.412 e. The minimum absolute atomic E-state index is 0.00156. The van der Waals surface area contributed by atoms with Crippen molar-refractivity contribution in [1.82, 2.24) is 14.9 Å². The van der Waals surface area contributed by atoms with Gasteiger partial charge in [0.2, 0.25) is 0 Å². The summed E-state index contributed by atoms with van der Waals surface area (Å²) in [6, 6.07) is 5.99. The van der Waals surface area contributed by atoms with E-state index in [0.717, 1.165) is 24.2 Å². The van der Waals surface area contributed by atoms with Gasteiger partial charge in [0.1, 0.15) is 45.8 Å². The topological polar surface area (TPSA) is 121 Å². The first-order chi connectivity index (χ1) is 22.1. The molecule has 4 heterocycles. The van der Waals surface area contributed by atoms with Crippen LogP contribution in [0.5, 0.6) is 0 Å². The van der Waals surface area contributed by atoms with Gasteiger partial charge in [0, 0.05) is 41.5 Å². The number of rotatable bonds is 3. The molecule has 14 heteroatoms. The molecular formula is C33H33ClF2N6O4S. The number of likely N-dealkylation sites (tertiary alicyclic amines) is 1. The van der Waals surface area contributed by atoms with Crippen LogP contribution >= 0.6 is 22.9 Å². The number of ether oxygens (including phenoxy) is 2. The number of benzene rings is 2. The zero-order valence-electron chi connectivity index (χ0n) is 26.7. The van der Waals surface area contributed by atoms with Crippen LogP contribution in [0.2, 0.25) is 5.02 Å². The predicted molar refractivity (Wildman–Crippen MR) is 177 cm³/mol. The number of hydrogen-bond acceptors (Lipinski definition) is 9. The number of nitrogens with one attached hydrogen (secondary N) is 1. The molecular weight excluding hydrogens is 650 g/mol. The van der Waals surface area contributed by atoms with Gasteiger partial charge in [-0.25, -0.2) is 28.3 Å². The average Bonchev–Trinajstić information content (AvgIpc) is 3.45. The van der Waals surface area contributed by atoms with Gasteiger partial charge in [0.25, 0.3) is 0 Å². The van der Waals surface area contributed by atoms with Crippen LogP contribution in [0.4, 0.5) is 29.2 Å². The van der Waals surface area contributed by atoms with Crippen molar-refractivity contribution in [2.75, 3.05) is 23.3 Å². The maximum atomic E-state index is 16.6. The van der Waals surface area contributed by atoms with E-state index in [9.17, 15) is 14.9 Å². The fourth-order valence-corrected chi connectivity index (χ4v) is 7.63. The van der Waals surface area contributed by atoms with Crippen molar-refractivity contribution < 1.29 is 27.8 Å². The molecule has 0 aliphatic carbocycles. The van der Waals surface area contributed by atoms with Crippen molar-refractivity contribution in [1.29, 1.82) is 5.26 Å². The van der Waals surface area contributed by atoms with Crippen LogP contribution in [0.25, 0.3) is 32.1 Å². The summed E-state index contributed by atoms with van der Waals surface area (Å²) < 4.78 is 42.7. The Balaban J connectivity index is 1.41. The van der Waals surface area contributed by atoms with Gasteiger partial charge in [-0.15, -0.1) is 11.3 Å². The van der Waals surface area contributed by atoms with Gasteiger partial charge in [0.15, 0.2) is 5.82 Å². The van der Waals surface area contributed by atoms with E-state index < -0.39 is 28.9 Å². The Hall–Kier alpha value is -4.28. The second kappa shape index (κ2) is 11.8. The molecule has 246 valence electrons. The first-order valence-corrected chi connectivity index (χ1v) is 16.3. The first kappa shape index (κ1) is 32.7. The van der Waals surface area contributed by atoms with Crippen molar-refractivity contribution in [2.24, 2.45) is 0 Å². The molecule has 2 bridgehead atoms. The SMILES string of the molecule is CC(C)(C)OC(=O)Nc1sc2c(F)ccc(-c3c(Cl)cc4c(N5C6CCC5CN(C(=O)OC(C)(C)C)C6)ncnc4c3F)c2c1C#N. The van der Waals surface area contributed by atoms with Crippen LogP contribution in [-0.4, -0.2) is 63.4 Å². The van der Waals surface area contributed by atoms with E-state index >= 15 is 8.78 Å². The maximum Gasteiger partial charge on any atom is 0.412 e. The van der Waals surface area contributed by atoms with Gasteiger partial charge in [-0.1, -0.05) is 17.7 Å². The third-order valence-electron chi connectivity index (χ3n) is 7.97. The fraction of sp³-hybridized carbons (Fsp3) is 0.424. The van der Waals surface area contributed by atoms with Gasteiger partial charge in [-0.2, -0.15) is 5.26 Å². The highest BCUT2D eigenvalue weighted by molar-refractivity contribution is 7.23. The number of nitrogens with zero attached hydrogens (tertiary/aromatic N) is 5. The lowest BCUT2D eigenvalue weighted by Gasteiger charge is -2.42. The number of fused-ring (bicyclic) bond motifs is 4. The summed E-state index contributed by atoms with van der Waals surface area (Å²) in [6.07, 6.45) is 1.72. The molecule has 10 nitrogen and oxygen atoms in total. The molecule has 2 aromatic heterocycles. The third kappa shape index (κ3) is 6.12. The van der Waals surface area contributed by atoms with E-state index in [0.29, 0.717) is 24.3 Å². The monoisotopic (exact) mass is 682 g/mol. The molecule has 2 aromatic carbocycles. The van der Waals surface area contributed by atoms with Gasteiger partial charge in [-0.3, -0.25) is 5.32 Å². The zero-order chi connectivity index (χ0) is 34.0. The predicted octanol–water partition coefficient (Wildman–Crippen LogP) is 8.25. The Morgan fingerprint density at radius 1 is 1.06 bits per heavy atom. The van der Waals surface area contributed by atoms with Gasteiger partial charge < -0.3 is 19.3 Å². The second-order valence-corrected chi connectivity index (χ2v) is 15.1. The van der Waals surface area contributed by atoms with Gasteiger partial charge in [-0.05, 0) is 72.1 Å². The Morgan fingerprint density at radius 3 is 2.34 bits per heavy atom. The number of hydrogen-bond donors (Lipinski definition) is 1. The van der Waals surface area contributed by atoms with Crippen LogP contribution in [0.15, 0.2) is 24.5 Å². The number of carbonyl (C=O) groups excluding carboxylic acids is 2. The number of piperazine rings is 1. The van der Waals surface area contributed by atoms with Crippen LogP contribution in [0.1, 0.15) is 59.9 Å². The molecule has 2 unspecified atom stereocenters. The second-order valence-electron chi connectivity index (χ2n) is 13.7. The molecule has 2 aliphatic rings. The van der Waals surface area contributed by atoms with Crippen molar-refractivity contribution in [2.45, 2.75) is 77.7 Å². The quantitative estimate of drug-likeness (QED) is 0.229. The molecule has 2 aliphatic heterocycles. The number of thiophene rings is 1. The molecule has 2 fully saturated rings. The zero-order valence-corrected chi connectivity index (χ0v) is 28.3. The molecule has 4 aromatic rings. The van der Waals surface area contributed by atoms with Gasteiger partial charge >= 0.3 is 12.2 Å². The van der Waals surface area contributed by atoms with Crippen molar-refractivity contribution in [3.8, 4) is 17.2 Å². The highest BCUT2D eigenvalue weighted by atomic mass is 35.5. The summed E-state index contributed by atoms with van der Waals surface area (Å²) in [5.41, 5.74) is -1.37. The van der Waals surface area contributed by atoms with E-state index in [1.165, 1.54) is 18.5 Å². The van der Waals surface area contributed by atoms with Crippen molar-refractivity contribution >= 4 is 66.9 Å².